The Morgan fingerprint density at radius 3 is 2.79 bits per heavy atom. The number of carbonyl (C=O) groups is 1. The van der Waals surface area contributed by atoms with E-state index in [-0.39, 0.29) is 5.91 Å². The first-order valence-electron chi connectivity index (χ1n) is 6.39. The SMILES string of the molecule is Cc1ccccc1NC(=O)c1cc(Br)cn1C1CC1. The molecule has 1 amide bonds. The zero-order valence-corrected chi connectivity index (χ0v) is 12.3. The van der Waals surface area contributed by atoms with Gasteiger partial charge in [0.05, 0.1) is 0 Å². The van der Waals surface area contributed by atoms with Gasteiger partial charge in [0.15, 0.2) is 0 Å². The molecule has 0 radical (unpaired) electrons. The lowest BCUT2D eigenvalue weighted by Crippen LogP contribution is -2.16. The monoisotopic (exact) mass is 318 g/mol. The number of rotatable bonds is 3. The van der Waals surface area contributed by atoms with Crippen molar-refractivity contribution in [3.05, 3.63) is 52.3 Å². The molecule has 1 aliphatic rings. The molecule has 0 aliphatic heterocycles. The number of aromatic nitrogens is 1. The number of benzene rings is 1. The number of nitrogens with zero attached hydrogens (tertiary/aromatic N) is 1. The summed E-state index contributed by atoms with van der Waals surface area (Å²) in [7, 11) is 0. The standard InChI is InChI=1S/C15H15BrN2O/c1-10-4-2-3-5-13(10)17-15(19)14-8-11(16)9-18(14)12-6-7-12/h2-5,8-9,12H,6-7H2,1H3,(H,17,19). The van der Waals surface area contributed by atoms with Gasteiger partial charge in [-0.05, 0) is 53.4 Å². The number of anilines is 1. The van der Waals surface area contributed by atoms with Gasteiger partial charge in [-0.3, -0.25) is 4.79 Å². The van der Waals surface area contributed by atoms with Crippen LogP contribution in [0.5, 0.6) is 0 Å². The first-order valence-corrected chi connectivity index (χ1v) is 7.19. The molecule has 0 saturated heterocycles. The maximum absolute atomic E-state index is 12.4. The highest BCUT2D eigenvalue weighted by atomic mass is 79.9. The summed E-state index contributed by atoms with van der Waals surface area (Å²) in [6, 6.07) is 10.2. The highest BCUT2D eigenvalue weighted by Crippen LogP contribution is 2.37. The van der Waals surface area contributed by atoms with Crippen LogP contribution in [0.1, 0.15) is 34.9 Å². The number of amides is 1. The lowest BCUT2D eigenvalue weighted by molar-refractivity contribution is 0.101. The predicted molar refractivity (Wildman–Crippen MR) is 79.5 cm³/mol. The van der Waals surface area contributed by atoms with Gasteiger partial charge in [-0.1, -0.05) is 18.2 Å². The maximum Gasteiger partial charge on any atom is 0.272 e. The minimum absolute atomic E-state index is 0.0492. The van der Waals surface area contributed by atoms with E-state index in [4.69, 9.17) is 0 Å². The Hall–Kier alpha value is -1.55. The van der Waals surface area contributed by atoms with Crippen LogP contribution in [0.3, 0.4) is 0 Å². The molecule has 0 spiro atoms. The molecule has 1 saturated carbocycles. The molecule has 2 aromatic rings. The van der Waals surface area contributed by atoms with E-state index in [1.165, 1.54) is 0 Å². The molecule has 0 bridgehead atoms. The van der Waals surface area contributed by atoms with E-state index in [0.29, 0.717) is 6.04 Å². The molecule has 1 aliphatic carbocycles. The van der Waals surface area contributed by atoms with Gasteiger partial charge in [0.25, 0.3) is 5.91 Å². The molecule has 98 valence electrons. The number of hydrogen-bond donors (Lipinski definition) is 1. The second-order valence-electron chi connectivity index (χ2n) is 4.95. The average molecular weight is 319 g/mol. The topological polar surface area (TPSA) is 34.0 Å². The van der Waals surface area contributed by atoms with Crippen LogP contribution in [0.2, 0.25) is 0 Å². The third kappa shape index (κ3) is 2.59. The summed E-state index contributed by atoms with van der Waals surface area (Å²) in [5.41, 5.74) is 2.66. The molecule has 3 nitrogen and oxygen atoms in total. The third-order valence-electron chi connectivity index (χ3n) is 3.38. The molecule has 3 rings (SSSR count). The minimum Gasteiger partial charge on any atom is -0.339 e. The third-order valence-corrected chi connectivity index (χ3v) is 3.82. The van der Waals surface area contributed by atoms with E-state index in [0.717, 1.165) is 34.3 Å². The van der Waals surface area contributed by atoms with Crippen molar-refractivity contribution in [2.75, 3.05) is 5.32 Å². The Bertz CT molecular complexity index is 629. The van der Waals surface area contributed by atoms with Crippen LogP contribution in [0.15, 0.2) is 41.0 Å². The number of hydrogen-bond acceptors (Lipinski definition) is 1. The number of nitrogens with one attached hydrogen (secondary N) is 1. The molecule has 1 heterocycles. The fourth-order valence-electron chi connectivity index (χ4n) is 2.18. The first kappa shape index (κ1) is 12.5. The van der Waals surface area contributed by atoms with Gasteiger partial charge in [-0.2, -0.15) is 0 Å². The van der Waals surface area contributed by atoms with Gasteiger partial charge in [0, 0.05) is 22.4 Å². The maximum atomic E-state index is 12.4. The Morgan fingerprint density at radius 2 is 2.11 bits per heavy atom. The summed E-state index contributed by atoms with van der Waals surface area (Å²) in [6.45, 7) is 1.99. The van der Waals surface area contributed by atoms with Crippen LogP contribution in [-0.4, -0.2) is 10.5 Å². The zero-order chi connectivity index (χ0) is 13.4. The summed E-state index contributed by atoms with van der Waals surface area (Å²) in [5.74, 6) is -0.0492. The number of halogens is 1. The van der Waals surface area contributed by atoms with Crippen LogP contribution < -0.4 is 5.32 Å². The molecule has 0 unspecified atom stereocenters. The molecule has 1 fully saturated rings. The van der Waals surface area contributed by atoms with Crippen LogP contribution >= 0.6 is 15.9 Å². The smallest absolute Gasteiger partial charge is 0.272 e. The van der Waals surface area contributed by atoms with E-state index in [2.05, 4.69) is 25.8 Å². The predicted octanol–water partition coefficient (Wildman–Crippen LogP) is 4.15. The largest absolute Gasteiger partial charge is 0.339 e. The van der Waals surface area contributed by atoms with Gasteiger partial charge >= 0.3 is 0 Å². The number of carbonyl (C=O) groups excluding carboxylic acids is 1. The molecule has 0 atom stereocenters. The van der Waals surface area contributed by atoms with Gasteiger partial charge in [-0.25, -0.2) is 0 Å². The lowest BCUT2D eigenvalue weighted by Gasteiger charge is -2.10. The molecular formula is C15H15BrN2O. The summed E-state index contributed by atoms with van der Waals surface area (Å²) in [4.78, 5) is 12.4. The van der Waals surface area contributed by atoms with Gasteiger partial charge in [0.2, 0.25) is 0 Å². The van der Waals surface area contributed by atoms with E-state index in [1.54, 1.807) is 0 Å². The quantitative estimate of drug-likeness (QED) is 0.906. The first-order chi connectivity index (χ1) is 9.15. The highest BCUT2D eigenvalue weighted by molar-refractivity contribution is 9.10. The van der Waals surface area contributed by atoms with E-state index < -0.39 is 0 Å². The fraction of sp³-hybridized carbons (Fsp3) is 0.267. The second-order valence-corrected chi connectivity index (χ2v) is 5.87. The van der Waals surface area contributed by atoms with E-state index >= 15 is 0 Å². The molecule has 19 heavy (non-hydrogen) atoms. The molecule has 1 N–H and O–H groups in total. The molecular weight excluding hydrogens is 304 g/mol. The fourth-order valence-corrected chi connectivity index (χ4v) is 2.62. The average Bonchev–Trinajstić information content (AvgIpc) is 3.15. The minimum atomic E-state index is -0.0492. The van der Waals surface area contributed by atoms with Crippen molar-refractivity contribution in [1.29, 1.82) is 0 Å². The second kappa shape index (κ2) is 4.85. The number of aryl methyl sites for hydroxylation is 1. The highest BCUT2D eigenvalue weighted by Gasteiger charge is 2.27. The molecule has 1 aromatic carbocycles. The zero-order valence-electron chi connectivity index (χ0n) is 10.7. The van der Waals surface area contributed by atoms with Crippen LogP contribution in [0.25, 0.3) is 0 Å². The van der Waals surface area contributed by atoms with E-state index in [1.807, 2.05) is 43.5 Å². The summed E-state index contributed by atoms with van der Waals surface area (Å²) >= 11 is 3.45. The van der Waals surface area contributed by atoms with Crippen LogP contribution in [0, 0.1) is 6.92 Å². The van der Waals surface area contributed by atoms with Crippen molar-refractivity contribution >= 4 is 27.5 Å². The Kier molecular flexibility index (Phi) is 3.19. The van der Waals surface area contributed by atoms with E-state index in [9.17, 15) is 4.79 Å². The van der Waals surface area contributed by atoms with Crippen molar-refractivity contribution in [2.24, 2.45) is 0 Å². The summed E-state index contributed by atoms with van der Waals surface area (Å²) < 4.78 is 3.02. The van der Waals surface area contributed by atoms with Crippen molar-refractivity contribution in [1.82, 2.24) is 4.57 Å². The Labute approximate surface area is 120 Å². The van der Waals surface area contributed by atoms with Crippen molar-refractivity contribution in [3.63, 3.8) is 0 Å². The van der Waals surface area contributed by atoms with Crippen LogP contribution in [-0.2, 0) is 0 Å². The molecule has 1 aromatic heterocycles. The van der Waals surface area contributed by atoms with Crippen molar-refractivity contribution in [2.45, 2.75) is 25.8 Å². The Morgan fingerprint density at radius 1 is 1.37 bits per heavy atom. The van der Waals surface area contributed by atoms with Gasteiger partial charge in [-0.15, -0.1) is 0 Å². The van der Waals surface area contributed by atoms with Crippen molar-refractivity contribution < 1.29 is 4.79 Å². The van der Waals surface area contributed by atoms with Gasteiger partial charge in [0.1, 0.15) is 5.69 Å². The molecule has 4 heteroatoms. The number of para-hydroxylation sites is 1. The Balaban J connectivity index is 1.86. The van der Waals surface area contributed by atoms with Crippen LogP contribution in [0.4, 0.5) is 5.69 Å². The van der Waals surface area contributed by atoms with Crippen molar-refractivity contribution in [3.8, 4) is 0 Å². The lowest BCUT2D eigenvalue weighted by atomic mass is 10.2. The summed E-state index contributed by atoms with van der Waals surface area (Å²) in [5, 5.41) is 2.98. The normalized spacial score (nSPS) is 14.4. The summed E-state index contributed by atoms with van der Waals surface area (Å²) in [6.07, 6.45) is 4.31. The van der Waals surface area contributed by atoms with Gasteiger partial charge < -0.3 is 9.88 Å².